The van der Waals surface area contributed by atoms with E-state index in [0.717, 1.165) is 39.0 Å². The van der Waals surface area contributed by atoms with Gasteiger partial charge >= 0.3 is 0 Å². The lowest BCUT2D eigenvalue weighted by Gasteiger charge is -2.39. The zero-order chi connectivity index (χ0) is 12.0. The average molecular weight is 223 g/mol. The fourth-order valence-electron chi connectivity index (χ4n) is 2.35. The molecule has 0 amide bonds. The average Bonchev–Trinajstić information content (AvgIpc) is 2.35. The van der Waals surface area contributed by atoms with E-state index in [1.54, 1.807) is 0 Å². The maximum Gasteiger partial charge on any atom is 0.0978 e. The van der Waals surface area contributed by atoms with Gasteiger partial charge in [0.25, 0.3) is 0 Å². The highest BCUT2D eigenvalue weighted by Crippen LogP contribution is 2.13. The largest absolute Gasteiger partial charge is 0.298 e. The van der Waals surface area contributed by atoms with Gasteiger partial charge in [-0.25, -0.2) is 0 Å². The van der Waals surface area contributed by atoms with E-state index in [2.05, 4.69) is 36.6 Å². The number of hydrogen-bond acceptors (Lipinski definition) is 3. The topological polar surface area (TPSA) is 30.3 Å². The van der Waals surface area contributed by atoms with Crippen LogP contribution in [0.25, 0.3) is 0 Å². The van der Waals surface area contributed by atoms with E-state index in [9.17, 15) is 0 Å². The van der Waals surface area contributed by atoms with Gasteiger partial charge in [-0.1, -0.05) is 20.3 Å². The van der Waals surface area contributed by atoms with E-state index in [0.29, 0.717) is 6.04 Å². The molecule has 1 fully saturated rings. The van der Waals surface area contributed by atoms with E-state index in [1.807, 2.05) is 0 Å². The lowest BCUT2D eigenvalue weighted by Crippen LogP contribution is -2.52. The predicted octanol–water partition coefficient (Wildman–Crippen LogP) is 2.09. The van der Waals surface area contributed by atoms with Gasteiger partial charge in [0.1, 0.15) is 0 Å². The normalized spacial score (nSPS) is 22.6. The van der Waals surface area contributed by atoms with Crippen molar-refractivity contribution in [2.24, 2.45) is 0 Å². The Morgan fingerprint density at radius 2 is 1.69 bits per heavy atom. The molecule has 0 spiro atoms. The fourth-order valence-corrected chi connectivity index (χ4v) is 2.35. The first-order valence-electron chi connectivity index (χ1n) is 6.60. The van der Waals surface area contributed by atoms with Crippen molar-refractivity contribution >= 4 is 0 Å². The molecular formula is C13H25N3. The summed E-state index contributed by atoms with van der Waals surface area (Å²) >= 11 is 0. The third kappa shape index (κ3) is 3.47. The Bertz CT molecular complexity index is 226. The Morgan fingerprint density at radius 1 is 1.12 bits per heavy atom. The molecule has 0 aromatic rings. The van der Waals surface area contributed by atoms with Gasteiger partial charge in [0, 0.05) is 32.2 Å². The molecule has 0 aliphatic carbocycles. The van der Waals surface area contributed by atoms with Crippen LogP contribution in [-0.4, -0.2) is 48.1 Å². The van der Waals surface area contributed by atoms with E-state index in [-0.39, 0.29) is 6.04 Å². The van der Waals surface area contributed by atoms with Gasteiger partial charge in [0.15, 0.2) is 0 Å². The fraction of sp³-hybridized carbons (Fsp3) is 0.923. The minimum atomic E-state index is 0.143. The molecule has 0 bridgehead atoms. The van der Waals surface area contributed by atoms with Gasteiger partial charge in [0.05, 0.1) is 12.1 Å². The van der Waals surface area contributed by atoms with Crippen molar-refractivity contribution in [3.05, 3.63) is 0 Å². The first-order valence-corrected chi connectivity index (χ1v) is 6.60. The van der Waals surface area contributed by atoms with Crippen LogP contribution in [0.3, 0.4) is 0 Å². The molecule has 0 N–H and O–H groups in total. The van der Waals surface area contributed by atoms with Gasteiger partial charge in [-0.15, -0.1) is 0 Å². The minimum Gasteiger partial charge on any atom is -0.298 e. The molecule has 2 unspecified atom stereocenters. The number of hydrogen-bond donors (Lipinski definition) is 0. The summed E-state index contributed by atoms with van der Waals surface area (Å²) in [5.41, 5.74) is 0. The molecule has 2 atom stereocenters. The molecule has 0 radical (unpaired) electrons. The van der Waals surface area contributed by atoms with E-state index in [1.165, 1.54) is 6.42 Å². The maximum absolute atomic E-state index is 9.13. The van der Waals surface area contributed by atoms with Gasteiger partial charge in [0.2, 0.25) is 0 Å². The third-order valence-corrected chi connectivity index (χ3v) is 3.71. The van der Waals surface area contributed by atoms with Crippen LogP contribution in [0.15, 0.2) is 0 Å². The number of nitriles is 1. The molecule has 0 aromatic carbocycles. The summed E-state index contributed by atoms with van der Waals surface area (Å²) in [5, 5.41) is 9.13. The lowest BCUT2D eigenvalue weighted by molar-refractivity contribution is 0.0841. The summed E-state index contributed by atoms with van der Waals surface area (Å²) in [6, 6.07) is 3.27. The first-order chi connectivity index (χ1) is 7.72. The van der Waals surface area contributed by atoms with Gasteiger partial charge in [-0.3, -0.25) is 9.80 Å². The van der Waals surface area contributed by atoms with E-state index in [4.69, 9.17) is 5.26 Å². The van der Waals surface area contributed by atoms with Gasteiger partial charge in [-0.05, 0) is 19.8 Å². The van der Waals surface area contributed by atoms with Crippen molar-refractivity contribution in [1.82, 2.24) is 9.80 Å². The second-order valence-electron chi connectivity index (χ2n) is 4.76. The van der Waals surface area contributed by atoms with Crippen LogP contribution in [-0.2, 0) is 0 Å². The molecule has 0 saturated carbocycles. The van der Waals surface area contributed by atoms with Crippen LogP contribution in [0.4, 0.5) is 0 Å². The van der Waals surface area contributed by atoms with E-state index >= 15 is 0 Å². The molecule has 3 heteroatoms. The van der Waals surface area contributed by atoms with Gasteiger partial charge < -0.3 is 0 Å². The smallest absolute Gasteiger partial charge is 0.0978 e. The van der Waals surface area contributed by atoms with Crippen LogP contribution in [0.5, 0.6) is 0 Å². The molecule has 0 aromatic heterocycles. The van der Waals surface area contributed by atoms with Crippen LogP contribution in [0, 0.1) is 11.3 Å². The van der Waals surface area contributed by atoms with Crippen molar-refractivity contribution < 1.29 is 0 Å². The zero-order valence-corrected chi connectivity index (χ0v) is 10.9. The van der Waals surface area contributed by atoms with Crippen molar-refractivity contribution in [2.45, 2.75) is 52.1 Å². The first kappa shape index (κ1) is 13.5. The van der Waals surface area contributed by atoms with E-state index < -0.39 is 0 Å². The van der Waals surface area contributed by atoms with Crippen LogP contribution < -0.4 is 0 Å². The highest BCUT2D eigenvalue weighted by molar-refractivity contribution is 4.93. The summed E-state index contributed by atoms with van der Waals surface area (Å²) < 4.78 is 0. The lowest BCUT2D eigenvalue weighted by atomic mass is 10.1. The quantitative estimate of drug-likeness (QED) is 0.715. The molecule has 1 saturated heterocycles. The second-order valence-corrected chi connectivity index (χ2v) is 4.76. The molecule has 1 aliphatic heterocycles. The minimum absolute atomic E-state index is 0.143. The standard InChI is InChI=1S/C13H25N3/c1-4-6-13(11-14)16-9-7-15(8-10-16)12(3)5-2/h12-13H,4-10H2,1-3H3. The summed E-state index contributed by atoms with van der Waals surface area (Å²) in [5.74, 6) is 0. The summed E-state index contributed by atoms with van der Waals surface area (Å²) in [4.78, 5) is 4.89. The Labute approximate surface area is 100 Å². The zero-order valence-electron chi connectivity index (χ0n) is 10.9. The molecule has 1 aliphatic rings. The third-order valence-electron chi connectivity index (χ3n) is 3.71. The van der Waals surface area contributed by atoms with Crippen molar-refractivity contribution in [3.8, 4) is 6.07 Å². The molecule has 92 valence electrons. The number of piperazine rings is 1. The summed E-state index contributed by atoms with van der Waals surface area (Å²) in [6.45, 7) is 11.0. The van der Waals surface area contributed by atoms with Crippen molar-refractivity contribution in [3.63, 3.8) is 0 Å². The van der Waals surface area contributed by atoms with Crippen LogP contribution >= 0.6 is 0 Å². The van der Waals surface area contributed by atoms with Gasteiger partial charge in [-0.2, -0.15) is 5.26 Å². The Morgan fingerprint density at radius 3 is 2.12 bits per heavy atom. The SMILES string of the molecule is CCCC(C#N)N1CCN(C(C)CC)CC1. The van der Waals surface area contributed by atoms with Crippen LogP contribution in [0.2, 0.25) is 0 Å². The second kappa shape index (κ2) is 6.88. The van der Waals surface area contributed by atoms with Crippen LogP contribution in [0.1, 0.15) is 40.0 Å². The predicted molar refractivity (Wildman–Crippen MR) is 67.2 cm³/mol. The monoisotopic (exact) mass is 223 g/mol. The highest BCUT2D eigenvalue weighted by atomic mass is 15.3. The summed E-state index contributed by atoms with van der Waals surface area (Å²) in [6.07, 6.45) is 3.33. The Balaban J connectivity index is 2.39. The van der Waals surface area contributed by atoms with Crippen molar-refractivity contribution in [2.75, 3.05) is 26.2 Å². The molecule has 1 heterocycles. The molecule has 3 nitrogen and oxygen atoms in total. The molecular weight excluding hydrogens is 198 g/mol. The molecule has 1 rings (SSSR count). The number of rotatable bonds is 5. The number of nitrogens with zero attached hydrogens (tertiary/aromatic N) is 3. The highest BCUT2D eigenvalue weighted by Gasteiger charge is 2.24. The Kier molecular flexibility index (Phi) is 5.79. The Hall–Kier alpha value is -0.590. The maximum atomic E-state index is 9.13. The molecule has 16 heavy (non-hydrogen) atoms. The summed E-state index contributed by atoms with van der Waals surface area (Å²) in [7, 11) is 0. The van der Waals surface area contributed by atoms with Crippen molar-refractivity contribution in [1.29, 1.82) is 5.26 Å².